The third kappa shape index (κ3) is 5.10. The van der Waals surface area contributed by atoms with Crippen LogP contribution >= 0.6 is 11.3 Å². The van der Waals surface area contributed by atoms with Crippen molar-refractivity contribution in [1.29, 1.82) is 0 Å². The number of hydrogen-bond acceptors (Lipinski definition) is 3. The van der Waals surface area contributed by atoms with Gasteiger partial charge in [0.2, 0.25) is 0 Å². The number of carbonyl (C=O) groups is 2. The number of thiophene rings is 1. The first-order valence-corrected chi connectivity index (χ1v) is 12.9. The minimum absolute atomic E-state index is 0.146. The summed E-state index contributed by atoms with van der Waals surface area (Å²) in [4.78, 5) is 27.9. The molecular formula is C29H34N2O2S. The average molecular weight is 475 g/mol. The average Bonchev–Trinajstić information content (AvgIpc) is 3.16. The Bertz CT molecular complexity index is 1200. The van der Waals surface area contributed by atoms with Gasteiger partial charge in [-0.3, -0.25) is 9.59 Å². The second-order valence-corrected chi connectivity index (χ2v) is 11.4. The lowest BCUT2D eigenvalue weighted by molar-refractivity contribution is 0.102. The van der Waals surface area contributed by atoms with Crippen molar-refractivity contribution in [2.45, 2.75) is 60.3 Å². The predicted octanol–water partition coefficient (Wildman–Crippen LogP) is 7.27. The Kier molecular flexibility index (Phi) is 6.94. The zero-order valence-corrected chi connectivity index (χ0v) is 21.6. The van der Waals surface area contributed by atoms with E-state index in [0.29, 0.717) is 22.0 Å². The fourth-order valence-corrected chi connectivity index (χ4v) is 5.99. The minimum Gasteiger partial charge on any atom is -0.322 e. The normalized spacial score (nSPS) is 15.5. The van der Waals surface area contributed by atoms with Crippen molar-refractivity contribution in [1.82, 2.24) is 0 Å². The first-order valence-electron chi connectivity index (χ1n) is 12.1. The van der Waals surface area contributed by atoms with Crippen LogP contribution in [0.4, 0.5) is 10.7 Å². The van der Waals surface area contributed by atoms with E-state index in [-0.39, 0.29) is 17.2 Å². The molecule has 4 rings (SSSR count). The predicted molar refractivity (Wildman–Crippen MR) is 142 cm³/mol. The van der Waals surface area contributed by atoms with Gasteiger partial charge in [-0.2, -0.15) is 0 Å². The van der Waals surface area contributed by atoms with Crippen LogP contribution in [-0.4, -0.2) is 11.8 Å². The molecule has 178 valence electrons. The molecular weight excluding hydrogens is 440 g/mol. The highest BCUT2D eigenvalue weighted by molar-refractivity contribution is 7.17. The second kappa shape index (κ2) is 9.75. The maximum atomic E-state index is 13.6. The lowest BCUT2D eigenvalue weighted by Gasteiger charge is -2.33. The van der Waals surface area contributed by atoms with Crippen LogP contribution in [0, 0.1) is 18.3 Å². The Morgan fingerprint density at radius 2 is 1.71 bits per heavy atom. The van der Waals surface area contributed by atoms with Gasteiger partial charge in [0.25, 0.3) is 11.8 Å². The summed E-state index contributed by atoms with van der Waals surface area (Å²) in [6.07, 6.45) is 3.68. The first kappa shape index (κ1) is 24.2. The lowest BCUT2D eigenvalue weighted by atomic mass is 9.72. The molecule has 1 aromatic heterocycles. The largest absolute Gasteiger partial charge is 0.322 e. The van der Waals surface area contributed by atoms with Crippen molar-refractivity contribution in [3.05, 3.63) is 81.2 Å². The maximum Gasteiger partial charge on any atom is 0.258 e. The molecule has 0 saturated carbocycles. The van der Waals surface area contributed by atoms with E-state index in [9.17, 15) is 9.59 Å². The molecule has 1 aliphatic carbocycles. The van der Waals surface area contributed by atoms with Crippen molar-refractivity contribution in [3.63, 3.8) is 0 Å². The van der Waals surface area contributed by atoms with Crippen LogP contribution in [0.25, 0.3) is 0 Å². The highest BCUT2D eigenvalue weighted by Gasteiger charge is 2.34. The van der Waals surface area contributed by atoms with Crippen LogP contribution in [0.15, 0.2) is 48.5 Å². The van der Waals surface area contributed by atoms with E-state index >= 15 is 0 Å². The molecule has 0 fully saturated rings. The Hall–Kier alpha value is -2.92. The molecule has 1 unspecified atom stereocenters. The summed E-state index contributed by atoms with van der Waals surface area (Å²) in [5, 5.41) is 6.85. The summed E-state index contributed by atoms with van der Waals surface area (Å²) in [6.45, 7) is 10.9. The summed E-state index contributed by atoms with van der Waals surface area (Å²) in [7, 11) is 0. The number of hydrogen-bond donors (Lipinski definition) is 2. The molecule has 0 saturated heterocycles. The standard InChI is InChI=1S/C29H34N2O2S/c1-6-19-9-7-8-10-23(19)30-27(33)25-22-16-15-21(29(3,4)5)17-24(22)34-28(25)31-26(32)20-13-11-18(2)12-14-20/h7-14,21H,6,15-17H2,1-5H3,(H,30,33)(H,31,32). The molecule has 0 spiro atoms. The van der Waals surface area contributed by atoms with E-state index in [0.717, 1.165) is 48.1 Å². The molecule has 2 amide bonds. The van der Waals surface area contributed by atoms with Crippen LogP contribution in [0.2, 0.25) is 0 Å². The fraction of sp³-hybridized carbons (Fsp3) is 0.379. The second-order valence-electron chi connectivity index (χ2n) is 10.3. The maximum absolute atomic E-state index is 13.6. The van der Waals surface area contributed by atoms with Crippen LogP contribution in [0.5, 0.6) is 0 Å². The van der Waals surface area contributed by atoms with Gasteiger partial charge in [0.05, 0.1) is 5.56 Å². The van der Waals surface area contributed by atoms with Gasteiger partial charge in [-0.25, -0.2) is 0 Å². The molecule has 5 heteroatoms. The van der Waals surface area contributed by atoms with E-state index in [1.807, 2.05) is 55.5 Å². The van der Waals surface area contributed by atoms with Crippen LogP contribution in [0.1, 0.15) is 76.4 Å². The van der Waals surface area contributed by atoms with Gasteiger partial charge < -0.3 is 10.6 Å². The van der Waals surface area contributed by atoms with Crippen molar-refractivity contribution in [2.24, 2.45) is 11.3 Å². The van der Waals surface area contributed by atoms with Gasteiger partial charge in [0.15, 0.2) is 0 Å². The van der Waals surface area contributed by atoms with E-state index in [1.165, 1.54) is 4.88 Å². The molecule has 0 aliphatic heterocycles. The van der Waals surface area contributed by atoms with Gasteiger partial charge in [-0.05, 0) is 73.3 Å². The van der Waals surface area contributed by atoms with E-state index in [2.05, 4.69) is 38.3 Å². The first-order chi connectivity index (χ1) is 16.2. The number of fused-ring (bicyclic) bond motifs is 1. The van der Waals surface area contributed by atoms with Gasteiger partial charge >= 0.3 is 0 Å². The SMILES string of the molecule is CCc1ccccc1NC(=O)c1c(NC(=O)c2ccc(C)cc2)sc2c1CCC(C(C)(C)C)C2. The third-order valence-corrected chi connectivity index (χ3v) is 8.07. The third-order valence-electron chi connectivity index (χ3n) is 6.90. The number of amides is 2. The Labute approximate surface area is 206 Å². The lowest BCUT2D eigenvalue weighted by Crippen LogP contribution is -2.27. The number of benzene rings is 2. The number of nitrogens with one attached hydrogen (secondary N) is 2. The van der Waals surface area contributed by atoms with Crippen LogP contribution < -0.4 is 10.6 Å². The van der Waals surface area contributed by atoms with Gasteiger partial charge in [0, 0.05) is 16.1 Å². The zero-order chi connectivity index (χ0) is 24.5. The van der Waals surface area contributed by atoms with Gasteiger partial charge in [-0.15, -0.1) is 11.3 Å². The highest BCUT2D eigenvalue weighted by Crippen LogP contribution is 2.44. The molecule has 1 aliphatic rings. The van der Waals surface area contributed by atoms with Crippen LogP contribution in [-0.2, 0) is 19.3 Å². The Morgan fingerprint density at radius 1 is 1.00 bits per heavy atom. The van der Waals surface area contributed by atoms with Gasteiger partial charge in [-0.1, -0.05) is 63.6 Å². The van der Waals surface area contributed by atoms with Crippen molar-refractivity contribution < 1.29 is 9.59 Å². The Morgan fingerprint density at radius 3 is 2.38 bits per heavy atom. The van der Waals surface area contributed by atoms with Crippen LogP contribution in [0.3, 0.4) is 0 Å². The number of carbonyl (C=O) groups excluding carboxylic acids is 2. The van der Waals surface area contributed by atoms with E-state index in [1.54, 1.807) is 11.3 Å². The zero-order valence-electron chi connectivity index (χ0n) is 20.7. The van der Waals surface area contributed by atoms with Gasteiger partial charge in [0.1, 0.15) is 5.00 Å². The molecule has 1 heterocycles. The number of anilines is 2. The summed E-state index contributed by atoms with van der Waals surface area (Å²) in [5.41, 5.74) is 5.54. The summed E-state index contributed by atoms with van der Waals surface area (Å²) in [6, 6.07) is 15.4. The molecule has 2 N–H and O–H groups in total. The smallest absolute Gasteiger partial charge is 0.258 e. The fourth-order valence-electron chi connectivity index (χ4n) is 4.67. The van der Waals surface area contributed by atoms with Crippen molar-refractivity contribution in [3.8, 4) is 0 Å². The molecule has 34 heavy (non-hydrogen) atoms. The summed E-state index contributed by atoms with van der Waals surface area (Å²) < 4.78 is 0. The molecule has 0 radical (unpaired) electrons. The number of aryl methyl sites for hydroxylation is 2. The molecule has 4 nitrogen and oxygen atoms in total. The Balaban J connectivity index is 1.69. The van der Waals surface area contributed by atoms with E-state index < -0.39 is 0 Å². The molecule has 2 aromatic carbocycles. The van der Waals surface area contributed by atoms with Crippen molar-refractivity contribution in [2.75, 3.05) is 10.6 Å². The van der Waals surface area contributed by atoms with E-state index in [4.69, 9.17) is 0 Å². The van der Waals surface area contributed by atoms with Crippen molar-refractivity contribution >= 4 is 33.8 Å². The summed E-state index contributed by atoms with van der Waals surface area (Å²) >= 11 is 1.56. The summed E-state index contributed by atoms with van der Waals surface area (Å²) in [5.74, 6) is 0.219. The molecule has 1 atom stereocenters. The minimum atomic E-state index is -0.186. The molecule has 0 bridgehead atoms. The topological polar surface area (TPSA) is 58.2 Å². The monoisotopic (exact) mass is 474 g/mol. The quantitative estimate of drug-likeness (QED) is 0.408. The number of rotatable bonds is 5. The highest BCUT2D eigenvalue weighted by atomic mass is 32.1. The molecule has 3 aromatic rings. The number of para-hydroxylation sites is 1.